The van der Waals surface area contributed by atoms with Crippen LogP contribution in [0.15, 0.2) is 83.8 Å². The van der Waals surface area contributed by atoms with Crippen molar-refractivity contribution in [3.8, 4) is 5.75 Å². The number of ether oxygens (including phenoxy) is 1. The lowest BCUT2D eigenvalue weighted by molar-refractivity contribution is -0.119. The zero-order chi connectivity index (χ0) is 21.1. The van der Waals surface area contributed by atoms with Crippen LogP contribution in [0.1, 0.15) is 16.7 Å². The molecule has 0 aromatic heterocycles. The molecular weight excluding hydrogens is 394 g/mol. The van der Waals surface area contributed by atoms with Gasteiger partial charge in [-0.2, -0.15) is 0 Å². The van der Waals surface area contributed by atoms with Crippen molar-refractivity contribution in [2.75, 3.05) is 12.0 Å². The number of hydrogen-bond donors (Lipinski definition) is 0. The molecule has 5 heteroatoms. The average Bonchev–Trinajstić information content (AvgIpc) is 3.03. The molecule has 0 radical (unpaired) electrons. The van der Waals surface area contributed by atoms with Crippen LogP contribution in [0.5, 0.6) is 5.75 Å². The van der Waals surface area contributed by atoms with Gasteiger partial charge in [0.1, 0.15) is 5.75 Å². The number of amides is 2. The third-order valence-electron chi connectivity index (χ3n) is 5.00. The second-order valence-corrected chi connectivity index (χ2v) is 7.92. The van der Waals surface area contributed by atoms with E-state index in [0.717, 1.165) is 11.1 Å². The second kappa shape index (κ2) is 8.59. The van der Waals surface area contributed by atoms with Gasteiger partial charge in [-0.25, -0.2) is 4.90 Å². The molecule has 2 amide bonds. The molecule has 0 atom stereocenters. The molecule has 3 aromatic carbocycles. The van der Waals surface area contributed by atoms with E-state index in [9.17, 15) is 9.59 Å². The predicted octanol–water partition coefficient (Wildman–Crippen LogP) is 5.22. The lowest BCUT2D eigenvalue weighted by atomic mass is 10.1. The molecule has 0 aliphatic carbocycles. The summed E-state index contributed by atoms with van der Waals surface area (Å²) >= 11 is 1.40. The van der Waals surface area contributed by atoms with Crippen molar-refractivity contribution in [2.24, 2.45) is 0 Å². The number of hydrogen-bond acceptors (Lipinski definition) is 4. The minimum absolute atomic E-state index is 0.277. The van der Waals surface area contributed by atoms with Crippen LogP contribution in [0.3, 0.4) is 0 Å². The number of para-hydroxylation sites is 1. The standard InChI is InChI=1S/C25H21NO3S/c1-17-8-6-7-11-21(17)26-24(27)22(19-12-14-20(29-2)15-13-19)23(25(26)28)30-16-18-9-4-3-5-10-18/h3-15H,16H2,1-2H3. The number of aryl methyl sites for hydroxylation is 1. The van der Waals surface area contributed by atoms with Crippen LogP contribution in [-0.4, -0.2) is 18.9 Å². The van der Waals surface area contributed by atoms with E-state index >= 15 is 0 Å². The molecule has 1 aliphatic heterocycles. The summed E-state index contributed by atoms with van der Waals surface area (Å²) in [5.41, 5.74) is 3.74. The van der Waals surface area contributed by atoms with E-state index in [1.807, 2.05) is 73.7 Å². The molecule has 0 saturated carbocycles. The van der Waals surface area contributed by atoms with Gasteiger partial charge in [0.2, 0.25) is 0 Å². The normalized spacial score (nSPS) is 13.9. The lowest BCUT2D eigenvalue weighted by Crippen LogP contribution is -2.31. The van der Waals surface area contributed by atoms with Gasteiger partial charge >= 0.3 is 0 Å². The topological polar surface area (TPSA) is 46.6 Å². The number of nitrogens with zero attached hydrogens (tertiary/aromatic N) is 1. The first-order valence-electron chi connectivity index (χ1n) is 9.60. The SMILES string of the molecule is COc1ccc(C2=C(SCc3ccccc3)C(=O)N(c3ccccc3C)C2=O)cc1. The number of carbonyl (C=O) groups excluding carboxylic acids is 2. The van der Waals surface area contributed by atoms with E-state index in [0.29, 0.717) is 33.2 Å². The highest BCUT2D eigenvalue weighted by atomic mass is 32.2. The second-order valence-electron chi connectivity index (χ2n) is 6.94. The van der Waals surface area contributed by atoms with Gasteiger partial charge in [0.25, 0.3) is 11.8 Å². The first kappa shape index (κ1) is 20.0. The Bertz CT molecular complexity index is 1120. The molecular formula is C25H21NO3S. The molecule has 0 fully saturated rings. The largest absolute Gasteiger partial charge is 0.497 e. The monoisotopic (exact) mass is 415 g/mol. The summed E-state index contributed by atoms with van der Waals surface area (Å²) in [6.45, 7) is 1.90. The van der Waals surface area contributed by atoms with Crippen LogP contribution in [0.4, 0.5) is 5.69 Å². The molecule has 1 heterocycles. The number of benzene rings is 3. The average molecular weight is 416 g/mol. The minimum Gasteiger partial charge on any atom is -0.497 e. The van der Waals surface area contributed by atoms with Crippen molar-refractivity contribution in [2.45, 2.75) is 12.7 Å². The third-order valence-corrected chi connectivity index (χ3v) is 6.15. The number of anilines is 1. The molecule has 0 unspecified atom stereocenters. The van der Waals surface area contributed by atoms with Crippen molar-refractivity contribution < 1.29 is 14.3 Å². The van der Waals surface area contributed by atoms with E-state index in [1.165, 1.54) is 16.7 Å². The highest BCUT2D eigenvalue weighted by Gasteiger charge is 2.40. The van der Waals surface area contributed by atoms with Crippen LogP contribution in [0.2, 0.25) is 0 Å². The fraction of sp³-hybridized carbons (Fsp3) is 0.120. The zero-order valence-electron chi connectivity index (χ0n) is 16.8. The first-order valence-corrected chi connectivity index (χ1v) is 10.6. The van der Waals surface area contributed by atoms with Crippen LogP contribution in [0.25, 0.3) is 5.57 Å². The van der Waals surface area contributed by atoms with Gasteiger partial charge in [-0.15, -0.1) is 11.8 Å². The number of imide groups is 1. The molecule has 150 valence electrons. The summed E-state index contributed by atoms with van der Waals surface area (Å²) in [5, 5.41) is 0. The highest BCUT2D eigenvalue weighted by molar-refractivity contribution is 8.03. The van der Waals surface area contributed by atoms with Crippen molar-refractivity contribution in [1.82, 2.24) is 0 Å². The molecule has 4 rings (SSSR count). The van der Waals surface area contributed by atoms with Crippen molar-refractivity contribution in [3.63, 3.8) is 0 Å². The predicted molar refractivity (Wildman–Crippen MR) is 121 cm³/mol. The third kappa shape index (κ3) is 3.76. The number of carbonyl (C=O) groups is 2. The summed E-state index contributed by atoms with van der Waals surface area (Å²) in [5.74, 6) is 0.734. The summed E-state index contributed by atoms with van der Waals surface area (Å²) in [4.78, 5) is 28.6. The summed E-state index contributed by atoms with van der Waals surface area (Å²) in [7, 11) is 1.60. The molecule has 30 heavy (non-hydrogen) atoms. The van der Waals surface area contributed by atoms with Crippen molar-refractivity contribution in [3.05, 3.63) is 100 Å². The number of methoxy groups -OCH3 is 1. The molecule has 0 spiro atoms. The van der Waals surface area contributed by atoms with Crippen LogP contribution in [0, 0.1) is 6.92 Å². The van der Waals surface area contributed by atoms with Crippen LogP contribution >= 0.6 is 11.8 Å². The minimum atomic E-state index is -0.296. The summed E-state index contributed by atoms with van der Waals surface area (Å²) < 4.78 is 5.23. The molecule has 4 nitrogen and oxygen atoms in total. The van der Waals surface area contributed by atoms with Crippen molar-refractivity contribution in [1.29, 1.82) is 0 Å². The Balaban J connectivity index is 1.75. The Hall–Kier alpha value is -3.31. The maximum Gasteiger partial charge on any atom is 0.272 e. The van der Waals surface area contributed by atoms with Gasteiger partial charge in [0.15, 0.2) is 0 Å². The molecule has 3 aromatic rings. The molecule has 0 saturated heterocycles. The maximum absolute atomic E-state index is 13.4. The van der Waals surface area contributed by atoms with Gasteiger partial charge in [-0.3, -0.25) is 9.59 Å². The Morgan fingerprint density at radius 2 is 1.50 bits per heavy atom. The van der Waals surface area contributed by atoms with Gasteiger partial charge in [-0.05, 0) is 41.8 Å². The van der Waals surface area contributed by atoms with E-state index < -0.39 is 0 Å². The number of rotatable bonds is 6. The van der Waals surface area contributed by atoms with E-state index in [4.69, 9.17) is 4.74 Å². The van der Waals surface area contributed by atoms with Gasteiger partial charge in [0.05, 0.1) is 23.3 Å². The Morgan fingerprint density at radius 1 is 0.833 bits per heavy atom. The van der Waals surface area contributed by atoms with E-state index in [-0.39, 0.29) is 11.8 Å². The fourth-order valence-electron chi connectivity index (χ4n) is 3.42. The Kier molecular flexibility index (Phi) is 5.72. The Labute approximate surface area is 180 Å². The van der Waals surface area contributed by atoms with E-state index in [2.05, 4.69) is 0 Å². The van der Waals surface area contributed by atoms with Crippen LogP contribution < -0.4 is 9.64 Å². The maximum atomic E-state index is 13.4. The highest BCUT2D eigenvalue weighted by Crippen LogP contribution is 2.40. The quantitative estimate of drug-likeness (QED) is 0.518. The van der Waals surface area contributed by atoms with Gasteiger partial charge in [-0.1, -0.05) is 60.7 Å². The van der Waals surface area contributed by atoms with Gasteiger partial charge < -0.3 is 4.74 Å². The molecule has 1 aliphatic rings. The van der Waals surface area contributed by atoms with Crippen LogP contribution in [-0.2, 0) is 15.3 Å². The summed E-state index contributed by atoms with van der Waals surface area (Å²) in [6, 6.07) is 24.6. The molecule has 0 N–H and O–H groups in total. The smallest absolute Gasteiger partial charge is 0.272 e. The van der Waals surface area contributed by atoms with Gasteiger partial charge in [0, 0.05) is 5.75 Å². The first-order chi connectivity index (χ1) is 14.6. The Morgan fingerprint density at radius 3 is 2.17 bits per heavy atom. The fourth-order valence-corrected chi connectivity index (χ4v) is 4.49. The summed E-state index contributed by atoms with van der Waals surface area (Å²) in [6.07, 6.45) is 0. The number of thioether (sulfide) groups is 1. The molecule has 0 bridgehead atoms. The lowest BCUT2D eigenvalue weighted by Gasteiger charge is -2.17. The van der Waals surface area contributed by atoms with E-state index in [1.54, 1.807) is 19.2 Å². The zero-order valence-corrected chi connectivity index (χ0v) is 17.6. The van der Waals surface area contributed by atoms with Crippen molar-refractivity contribution >= 4 is 34.8 Å².